The molecule has 0 atom stereocenters. The molecular formula is C11H14O3S. The second-order valence-electron chi connectivity index (χ2n) is 3.86. The summed E-state index contributed by atoms with van der Waals surface area (Å²) in [6.45, 7) is 2.03. The van der Waals surface area contributed by atoms with E-state index in [9.17, 15) is 13.9 Å². The van der Waals surface area contributed by atoms with Gasteiger partial charge in [-0.25, -0.2) is 0 Å². The number of hydrogen-bond acceptors (Lipinski definition) is 3. The lowest BCUT2D eigenvalue weighted by Gasteiger charge is -2.35. The molecule has 1 aliphatic rings. The molecule has 1 aromatic rings. The van der Waals surface area contributed by atoms with Crippen LogP contribution in [0.4, 0.5) is 0 Å². The number of ketones is 1. The molecule has 3 nitrogen and oxygen atoms in total. The van der Waals surface area contributed by atoms with Crippen LogP contribution >= 0.6 is 10.6 Å². The van der Waals surface area contributed by atoms with E-state index < -0.39 is 10.6 Å². The molecule has 2 rings (SSSR count). The Morgan fingerprint density at radius 3 is 2.73 bits per heavy atom. The van der Waals surface area contributed by atoms with Crippen LogP contribution in [0.1, 0.15) is 28.4 Å². The van der Waals surface area contributed by atoms with Crippen molar-refractivity contribution < 1.29 is 13.9 Å². The summed E-state index contributed by atoms with van der Waals surface area (Å²) in [5.74, 6) is -0.0443. The first-order valence-electron chi connectivity index (χ1n) is 4.90. The van der Waals surface area contributed by atoms with E-state index in [4.69, 9.17) is 0 Å². The van der Waals surface area contributed by atoms with Gasteiger partial charge in [0.15, 0.2) is 5.78 Å². The second kappa shape index (κ2) is 3.63. The number of rotatable bonds is 1. The van der Waals surface area contributed by atoms with Crippen LogP contribution in [-0.2, 0) is 12.2 Å². The van der Waals surface area contributed by atoms with Gasteiger partial charge in [-0.05, 0) is 23.6 Å². The Morgan fingerprint density at radius 1 is 1.33 bits per heavy atom. The normalized spacial score (nSPS) is 20.9. The Hall–Kier alpha value is -0.840. The molecule has 1 aliphatic heterocycles. The average Bonchev–Trinajstić information content (AvgIpc) is 2.15. The minimum Gasteiger partial charge on any atom is -0.299 e. The molecule has 1 aromatic carbocycles. The first-order valence-corrected chi connectivity index (χ1v) is 6.79. The van der Waals surface area contributed by atoms with Crippen molar-refractivity contribution in [1.29, 1.82) is 0 Å². The molecule has 0 amide bonds. The third-order valence-electron chi connectivity index (χ3n) is 2.63. The minimum absolute atomic E-state index is 0.118. The molecule has 0 saturated carbocycles. The van der Waals surface area contributed by atoms with Crippen LogP contribution in [0.15, 0.2) is 18.2 Å². The first-order chi connectivity index (χ1) is 7.02. The highest BCUT2D eigenvalue weighted by Crippen LogP contribution is 2.47. The van der Waals surface area contributed by atoms with Gasteiger partial charge in [0.1, 0.15) is 5.75 Å². The van der Waals surface area contributed by atoms with Crippen molar-refractivity contribution in [2.45, 2.75) is 19.1 Å². The average molecular weight is 226 g/mol. The SMILES string of the molecule is CCc1ccc2c(c1)C(=O)CS(O)(O)C2. The summed E-state index contributed by atoms with van der Waals surface area (Å²) < 4.78 is 19.1. The maximum Gasteiger partial charge on any atom is 0.182 e. The van der Waals surface area contributed by atoms with E-state index >= 15 is 0 Å². The van der Waals surface area contributed by atoms with Gasteiger partial charge >= 0.3 is 0 Å². The molecule has 0 spiro atoms. The molecule has 4 heteroatoms. The molecule has 0 bridgehead atoms. The highest BCUT2D eigenvalue weighted by Gasteiger charge is 2.28. The van der Waals surface area contributed by atoms with E-state index in [2.05, 4.69) is 0 Å². The van der Waals surface area contributed by atoms with Gasteiger partial charge in [0, 0.05) is 5.56 Å². The fourth-order valence-electron chi connectivity index (χ4n) is 1.82. The van der Waals surface area contributed by atoms with Crippen LogP contribution in [-0.4, -0.2) is 20.6 Å². The van der Waals surface area contributed by atoms with Crippen molar-refractivity contribution in [3.05, 3.63) is 34.9 Å². The van der Waals surface area contributed by atoms with Gasteiger partial charge < -0.3 is 0 Å². The van der Waals surface area contributed by atoms with Gasteiger partial charge in [0.25, 0.3) is 0 Å². The van der Waals surface area contributed by atoms with E-state index in [1.807, 2.05) is 25.1 Å². The van der Waals surface area contributed by atoms with Crippen molar-refractivity contribution in [1.82, 2.24) is 0 Å². The number of carbonyl (C=O) groups is 1. The van der Waals surface area contributed by atoms with Crippen LogP contribution in [0, 0.1) is 0 Å². The Labute approximate surface area is 90.5 Å². The molecule has 0 aromatic heterocycles. The molecule has 0 fully saturated rings. The quantitative estimate of drug-likeness (QED) is 0.774. The standard InChI is InChI=1S/C11H14O3S/c1-2-8-3-4-9-6-15(13,14)7-11(12)10(9)5-8/h3-5,13-14H,2,6-7H2,1H3. The number of aryl methyl sites for hydroxylation is 1. The van der Waals surface area contributed by atoms with Crippen LogP contribution in [0.25, 0.3) is 0 Å². The van der Waals surface area contributed by atoms with Crippen molar-refractivity contribution in [2.24, 2.45) is 0 Å². The van der Waals surface area contributed by atoms with Crippen molar-refractivity contribution >= 4 is 16.4 Å². The zero-order chi connectivity index (χ0) is 11.1. The zero-order valence-corrected chi connectivity index (χ0v) is 9.38. The van der Waals surface area contributed by atoms with Crippen LogP contribution in [0.3, 0.4) is 0 Å². The Morgan fingerprint density at radius 2 is 2.07 bits per heavy atom. The molecule has 0 unspecified atom stereocenters. The third kappa shape index (κ3) is 2.07. The predicted octanol–water partition coefficient (Wildman–Crippen LogP) is 2.70. The fourth-order valence-corrected chi connectivity index (χ4v) is 3.24. The van der Waals surface area contributed by atoms with Crippen LogP contribution in [0.2, 0.25) is 0 Å². The number of carbonyl (C=O) groups excluding carboxylic acids is 1. The summed E-state index contributed by atoms with van der Waals surface area (Å²) in [5, 5.41) is 0. The molecular weight excluding hydrogens is 212 g/mol. The maximum atomic E-state index is 11.7. The molecule has 0 aliphatic carbocycles. The topological polar surface area (TPSA) is 57.5 Å². The van der Waals surface area contributed by atoms with Crippen LogP contribution in [0.5, 0.6) is 0 Å². The lowest BCUT2D eigenvalue weighted by atomic mass is 10.0. The molecule has 1 heterocycles. The summed E-state index contributed by atoms with van der Waals surface area (Å²) in [6, 6.07) is 5.64. The van der Waals surface area contributed by atoms with Gasteiger partial charge in [0.05, 0.1) is 5.75 Å². The fraction of sp³-hybridized carbons (Fsp3) is 0.364. The van der Waals surface area contributed by atoms with Gasteiger partial charge in [-0.15, -0.1) is 0 Å². The Balaban J connectivity index is 2.46. The highest BCUT2D eigenvalue weighted by molar-refractivity contribution is 8.24. The number of Topliss-reactive ketones (excluding diaryl/α,β-unsaturated/α-hetero) is 1. The number of benzene rings is 1. The Kier molecular flexibility index (Phi) is 2.58. The number of hydrogen-bond donors (Lipinski definition) is 2. The minimum atomic E-state index is -2.71. The monoisotopic (exact) mass is 226 g/mol. The molecule has 0 saturated heterocycles. The van der Waals surface area contributed by atoms with E-state index in [-0.39, 0.29) is 17.3 Å². The summed E-state index contributed by atoms with van der Waals surface area (Å²) in [5.41, 5.74) is 2.55. The molecule has 15 heavy (non-hydrogen) atoms. The lowest BCUT2D eigenvalue weighted by molar-refractivity contribution is 0.101. The van der Waals surface area contributed by atoms with Crippen molar-refractivity contribution in [2.75, 3.05) is 5.75 Å². The van der Waals surface area contributed by atoms with E-state index in [0.717, 1.165) is 17.5 Å². The first kappa shape index (κ1) is 10.7. The van der Waals surface area contributed by atoms with Gasteiger partial charge in [-0.1, -0.05) is 19.1 Å². The molecule has 0 radical (unpaired) electrons. The largest absolute Gasteiger partial charge is 0.299 e. The predicted molar refractivity (Wildman–Crippen MR) is 61.6 cm³/mol. The summed E-state index contributed by atoms with van der Waals surface area (Å²) >= 11 is 0. The Bertz CT molecular complexity index is 412. The summed E-state index contributed by atoms with van der Waals surface area (Å²) in [6.07, 6.45) is 0.886. The lowest BCUT2D eigenvalue weighted by Crippen LogP contribution is -2.22. The van der Waals surface area contributed by atoms with Gasteiger partial charge in [-0.2, -0.15) is 10.6 Å². The summed E-state index contributed by atoms with van der Waals surface area (Å²) in [4.78, 5) is 11.7. The molecule has 82 valence electrons. The van der Waals surface area contributed by atoms with Gasteiger partial charge in [-0.3, -0.25) is 13.9 Å². The van der Waals surface area contributed by atoms with E-state index in [0.29, 0.717) is 5.56 Å². The van der Waals surface area contributed by atoms with E-state index in [1.54, 1.807) is 0 Å². The number of fused-ring (bicyclic) bond motifs is 1. The summed E-state index contributed by atoms with van der Waals surface area (Å²) in [7, 11) is -2.71. The van der Waals surface area contributed by atoms with Crippen molar-refractivity contribution in [3.8, 4) is 0 Å². The van der Waals surface area contributed by atoms with Crippen LogP contribution < -0.4 is 0 Å². The zero-order valence-electron chi connectivity index (χ0n) is 8.56. The third-order valence-corrected chi connectivity index (χ3v) is 4.13. The second-order valence-corrected chi connectivity index (χ2v) is 6.04. The van der Waals surface area contributed by atoms with Gasteiger partial charge in [0.2, 0.25) is 0 Å². The smallest absolute Gasteiger partial charge is 0.182 e. The maximum absolute atomic E-state index is 11.7. The molecule has 2 N–H and O–H groups in total. The van der Waals surface area contributed by atoms with Crippen molar-refractivity contribution in [3.63, 3.8) is 0 Å². The highest BCUT2D eigenvalue weighted by atomic mass is 32.3. The van der Waals surface area contributed by atoms with E-state index in [1.165, 1.54) is 0 Å².